The summed E-state index contributed by atoms with van der Waals surface area (Å²) in [6.45, 7) is 12.6. The first-order chi connectivity index (χ1) is 9.22. The van der Waals surface area contributed by atoms with E-state index in [-0.39, 0.29) is 0 Å². The lowest BCUT2D eigenvalue weighted by Gasteiger charge is -2.32. The van der Waals surface area contributed by atoms with E-state index >= 15 is 0 Å². The van der Waals surface area contributed by atoms with Crippen LogP contribution in [0, 0.1) is 11.8 Å². The standard InChI is InChI=1S/C15H32N2O2/c1-14(2)13-19-10-8-17-7-4-5-15(12-17)11-16-6-9-18-3/h14-16H,4-13H2,1-3H3. The van der Waals surface area contributed by atoms with Crippen molar-refractivity contribution in [2.75, 3.05) is 59.7 Å². The van der Waals surface area contributed by atoms with E-state index in [9.17, 15) is 0 Å². The van der Waals surface area contributed by atoms with E-state index in [0.717, 1.165) is 45.4 Å². The zero-order valence-electron chi connectivity index (χ0n) is 13.0. The van der Waals surface area contributed by atoms with Crippen LogP contribution in [0.15, 0.2) is 0 Å². The third kappa shape index (κ3) is 8.58. The van der Waals surface area contributed by atoms with Crippen LogP contribution in [0.25, 0.3) is 0 Å². The van der Waals surface area contributed by atoms with E-state index in [1.807, 2.05) is 0 Å². The lowest BCUT2D eigenvalue weighted by Crippen LogP contribution is -2.41. The molecule has 0 spiro atoms. The third-order valence-corrected chi connectivity index (χ3v) is 3.52. The summed E-state index contributed by atoms with van der Waals surface area (Å²) < 4.78 is 10.7. The maximum atomic E-state index is 5.67. The fourth-order valence-electron chi connectivity index (χ4n) is 2.51. The first kappa shape index (κ1) is 16.9. The molecule has 0 aromatic heterocycles. The second kappa shape index (κ2) is 10.6. The van der Waals surface area contributed by atoms with Crippen LogP contribution in [0.4, 0.5) is 0 Å². The summed E-state index contributed by atoms with van der Waals surface area (Å²) in [5.74, 6) is 1.43. The topological polar surface area (TPSA) is 33.7 Å². The van der Waals surface area contributed by atoms with Crippen molar-refractivity contribution in [2.24, 2.45) is 11.8 Å². The Bertz CT molecular complexity index is 212. The Morgan fingerprint density at radius 2 is 2.16 bits per heavy atom. The molecule has 4 heteroatoms. The molecule has 1 aliphatic rings. The quantitative estimate of drug-likeness (QED) is 0.613. The van der Waals surface area contributed by atoms with Gasteiger partial charge in [-0.3, -0.25) is 0 Å². The molecule has 0 amide bonds. The highest BCUT2D eigenvalue weighted by molar-refractivity contribution is 4.74. The van der Waals surface area contributed by atoms with Gasteiger partial charge in [-0.25, -0.2) is 0 Å². The predicted octanol–water partition coefficient (Wildman–Crippen LogP) is 1.61. The minimum absolute atomic E-state index is 0.638. The smallest absolute Gasteiger partial charge is 0.0593 e. The van der Waals surface area contributed by atoms with E-state index in [0.29, 0.717) is 5.92 Å². The Balaban J connectivity index is 2.05. The van der Waals surface area contributed by atoms with Gasteiger partial charge in [-0.05, 0) is 37.8 Å². The zero-order chi connectivity index (χ0) is 13.9. The molecule has 1 N–H and O–H groups in total. The van der Waals surface area contributed by atoms with Crippen LogP contribution in [0.1, 0.15) is 26.7 Å². The fraction of sp³-hybridized carbons (Fsp3) is 1.00. The van der Waals surface area contributed by atoms with E-state index in [1.165, 1.54) is 25.9 Å². The van der Waals surface area contributed by atoms with Gasteiger partial charge in [0.15, 0.2) is 0 Å². The van der Waals surface area contributed by atoms with Crippen LogP contribution < -0.4 is 5.32 Å². The average molecular weight is 272 g/mol. The van der Waals surface area contributed by atoms with Gasteiger partial charge >= 0.3 is 0 Å². The summed E-state index contributed by atoms with van der Waals surface area (Å²) in [6.07, 6.45) is 2.67. The molecule has 1 unspecified atom stereocenters. The third-order valence-electron chi connectivity index (χ3n) is 3.52. The molecule has 1 rings (SSSR count). The van der Waals surface area contributed by atoms with Crippen LogP contribution in [-0.2, 0) is 9.47 Å². The normalized spacial score (nSPS) is 21.2. The Kier molecular flexibility index (Phi) is 9.43. The number of likely N-dealkylation sites (tertiary alicyclic amines) is 1. The van der Waals surface area contributed by atoms with Crippen LogP contribution in [-0.4, -0.2) is 64.6 Å². The minimum Gasteiger partial charge on any atom is -0.383 e. The van der Waals surface area contributed by atoms with E-state index < -0.39 is 0 Å². The molecule has 0 saturated carbocycles. The molecular weight excluding hydrogens is 240 g/mol. The summed E-state index contributed by atoms with van der Waals surface area (Å²) in [6, 6.07) is 0. The number of methoxy groups -OCH3 is 1. The Morgan fingerprint density at radius 3 is 2.89 bits per heavy atom. The number of hydrogen-bond donors (Lipinski definition) is 1. The molecule has 4 nitrogen and oxygen atoms in total. The summed E-state index contributed by atoms with van der Waals surface area (Å²) in [5.41, 5.74) is 0. The Morgan fingerprint density at radius 1 is 1.32 bits per heavy atom. The minimum atomic E-state index is 0.638. The first-order valence-electron chi connectivity index (χ1n) is 7.72. The SMILES string of the molecule is COCCNCC1CCCN(CCOCC(C)C)C1. The van der Waals surface area contributed by atoms with E-state index in [1.54, 1.807) is 7.11 Å². The maximum Gasteiger partial charge on any atom is 0.0593 e. The van der Waals surface area contributed by atoms with Crippen LogP contribution in [0.2, 0.25) is 0 Å². The van der Waals surface area contributed by atoms with Crippen molar-refractivity contribution in [3.63, 3.8) is 0 Å². The molecule has 114 valence electrons. The zero-order valence-corrected chi connectivity index (χ0v) is 13.0. The molecular formula is C15H32N2O2. The lowest BCUT2D eigenvalue weighted by atomic mass is 9.98. The second-order valence-corrected chi connectivity index (χ2v) is 5.97. The van der Waals surface area contributed by atoms with Crippen molar-refractivity contribution in [1.82, 2.24) is 10.2 Å². The van der Waals surface area contributed by atoms with Gasteiger partial charge in [0.2, 0.25) is 0 Å². The van der Waals surface area contributed by atoms with Crippen LogP contribution >= 0.6 is 0 Å². The largest absolute Gasteiger partial charge is 0.383 e. The number of hydrogen-bond acceptors (Lipinski definition) is 4. The molecule has 0 aromatic carbocycles. The Hall–Kier alpha value is -0.160. The van der Waals surface area contributed by atoms with Gasteiger partial charge in [-0.15, -0.1) is 0 Å². The molecule has 0 bridgehead atoms. The molecule has 1 heterocycles. The van der Waals surface area contributed by atoms with Crippen molar-refractivity contribution >= 4 is 0 Å². The molecule has 1 atom stereocenters. The van der Waals surface area contributed by atoms with Gasteiger partial charge in [-0.1, -0.05) is 13.8 Å². The maximum absolute atomic E-state index is 5.67. The van der Waals surface area contributed by atoms with Gasteiger partial charge in [0.25, 0.3) is 0 Å². The summed E-state index contributed by atoms with van der Waals surface area (Å²) >= 11 is 0. The molecule has 0 aromatic rings. The van der Waals surface area contributed by atoms with Crippen molar-refractivity contribution in [1.29, 1.82) is 0 Å². The highest BCUT2D eigenvalue weighted by Gasteiger charge is 2.19. The highest BCUT2D eigenvalue weighted by atomic mass is 16.5. The molecule has 0 radical (unpaired) electrons. The highest BCUT2D eigenvalue weighted by Crippen LogP contribution is 2.15. The van der Waals surface area contributed by atoms with E-state index in [2.05, 4.69) is 24.1 Å². The number of rotatable bonds is 10. The second-order valence-electron chi connectivity index (χ2n) is 5.97. The monoisotopic (exact) mass is 272 g/mol. The van der Waals surface area contributed by atoms with Gasteiger partial charge < -0.3 is 19.7 Å². The molecule has 1 aliphatic heterocycles. The summed E-state index contributed by atoms with van der Waals surface area (Å²) in [4.78, 5) is 2.55. The van der Waals surface area contributed by atoms with Gasteiger partial charge in [0.1, 0.15) is 0 Å². The van der Waals surface area contributed by atoms with Crippen molar-refractivity contribution in [2.45, 2.75) is 26.7 Å². The molecule has 19 heavy (non-hydrogen) atoms. The van der Waals surface area contributed by atoms with Crippen molar-refractivity contribution in [3.05, 3.63) is 0 Å². The van der Waals surface area contributed by atoms with Crippen LogP contribution in [0.5, 0.6) is 0 Å². The number of piperidine rings is 1. The van der Waals surface area contributed by atoms with Crippen LogP contribution in [0.3, 0.4) is 0 Å². The fourth-order valence-corrected chi connectivity index (χ4v) is 2.51. The number of nitrogens with zero attached hydrogens (tertiary/aromatic N) is 1. The van der Waals surface area contributed by atoms with Gasteiger partial charge in [0.05, 0.1) is 13.2 Å². The Labute approximate surface area is 118 Å². The first-order valence-corrected chi connectivity index (χ1v) is 7.72. The van der Waals surface area contributed by atoms with Gasteiger partial charge in [0, 0.05) is 33.4 Å². The lowest BCUT2D eigenvalue weighted by molar-refractivity contribution is 0.0708. The molecule has 1 fully saturated rings. The molecule has 0 aliphatic carbocycles. The number of nitrogens with one attached hydrogen (secondary N) is 1. The number of ether oxygens (including phenoxy) is 2. The summed E-state index contributed by atoms with van der Waals surface area (Å²) in [5, 5.41) is 3.48. The van der Waals surface area contributed by atoms with Crippen molar-refractivity contribution < 1.29 is 9.47 Å². The average Bonchev–Trinajstić information content (AvgIpc) is 2.40. The predicted molar refractivity (Wildman–Crippen MR) is 79.6 cm³/mol. The van der Waals surface area contributed by atoms with Crippen molar-refractivity contribution in [3.8, 4) is 0 Å². The summed E-state index contributed by atoms with van der Waals surface area (Å²) in [7, 11) is 1.75. The molecule has 1 saturated heterocycles. The van der Waals surface area contributed by atoms with E-state index in [4.69, 9.17) is 9.47 Å². The van der Waals surface area contributed by atoms with Gasteiger partial charge in [-0.2, -0.15) is 0 Å².